The Morgan fingerprint density at radius 2 is 2.10 bits per heavy atom. The van der Waals surface area contributed by atoms with E-state index in [0.717, 1.165) is 6.42 Å². The van der Waals surface area contributed by atoms with Crippen LogP contribution < -0.4 is 5.73 Å². The monoisotopic (exact) mass is 175 g/mol. The predicted molar refractivity (Wildman–Crippen MR) is 46.5 cm³/mol. The fourth-order valence-electron chi connectivity index (χ4n) is 0.668. The Hall–Kier alpha value is -0.0900. The second kappa shape index (κ2) is 3.93. The molecule has 1 heterocycles. The molecule has 0 aromatic heterocycles. The zero-order chi connectivity index (χ0) is 7.40. The Balaban J connectivity index is 2.09. The SMILES string of the molecule is NC(=O)CCC1SC=CS1. The van der Waals surface area contributed by atoms with Crippen molar-refractivity contribution in [1.29, 1.82) is 0 Å². The van der Waals surface area contributed by atoms with Crippen molar-refractivity contribution in [3.05, 3.63) is 10.8 Å². The highest BCUT2D eigenvalue weighted by molar-refractivity contribution is 8.22. The first-order valence-electron chi connectivity index (χ1n) is 3.03. The standard InChI is InChI=1S/C6H9NOS2/c7-5(8)1-2-6-9-3-4-10-6/h3-4,6H,1-2H2,(H2,7,8). The molecule has 4 heteroatoms. The minimum Gasteiger partial charge on any atom is -0.370 e. The Bertz CT molecular complexity index is 150. The minimum atomic E-state index is -0.201. The number of carbonyl (C=O) groups excluding carboxylic acids is 1. The molecule has 0 bridgehead atoms. The summed E-state index contributed by atoms with van der Waals surface area (Å²) in [5, 5.41) is 4.10. The summed E-state index contributed by atoms with van der Waals surface area (Å²) < 4.78 is 0.521. The van der Waals surface area contributed by atoms with E-state index in [1.807, 2.05) is 0 Å². The van der Waals surface area contributed by atoms with Gasteiger partial charge in [0.25, 0.3) is 0 Å². The van der Waals surface area contributed by atoms with Crippen LogP contribution in [0, 0.1) is 0 Å². The van der Waals surface area contributed by atoms with Gasteiger partial charge < -0.3 is 5.73 Å². The summed E-state index contributed by atoms with van der Waals surface area (Å²) >= 11 is 3.52. The number of hydrogen-bond acceptors (Lipinski definition) is 3. The van der Waals surface area contributed by atoms with E-state index in [2.05, 4.69) is 10.8 Å². The molecule has 1 amide bonds. The van der Waals surface area contributed by atoms with Crippen LogP contribution in [0.2, 0.25) is 0 Å². The summed E-state index contributed by atoms with van der Waals surface area (Å²) in [7, 11) is 0. The molecule has 0 aromatic carbocycles. The van der Waals surface area contributed by atoms with E-state index in [1.54, 1.807) is 23.5 Å². The number of amides is 1. The highest BCUT2D eigenvalue weighted by atomic mass is 32.2. The summed E-state index contributed by atoms with van der Waals surface area (Å²) in [4.78, 5) is 10.3. The molecule has 2 nitrogen and oxygen atoms in total. The van der Waals surface area contributed by atoms with Gasteiger partial charge in [0.1, 0.15) is 0 Å². The molecule has 1 aliphatic heterocycles. The van der Waals surface area contributed by atoms with Crippen molar-refractivity contribution in [2.45, 2.75) is 17.4 Å². The number of thioether (sulfide) groups is 2. The fourth-order valence-corrected chi connectivity index (χ4v) is 2.68. The third-order valence-electron chi connectivity index (χ3n) is 1.14. The third-order valence-corrected chi connectivity index (χ3v) is 3.65. The highest BCUT2D eigenvalue weighted by Crippen LogP contribution is 2.35. The number of hydrogen-bond donors (Lipinski definition) is 1. The van der Waals surface area contributed by atoms with Gasteiger partial charge in [-0.25, -0.2) is 0 Å². The van der Waals surface area contributed by atoms with Crippen molar-refractivity contribution < 1.29 is 4.79 Å². The number of carbonyl (C=O) groups is 1. The smallest absolute Gasteiger partial charge is 0.217 e. The quantitative estimate of drug-likeness (QED) is 0.707. The lowest BCUT2D eigenvalue weighted by atomic mass is 10.3. The molecule has 0 radical (unpaired) electrons. The van der Waals surface area contributed by atoms with Crippen LogP contribution in [0.25, 0.3) is 0 Å². The number of nitrogens with two attached hydrogens (primary N) is 1. The molecule has 0 saturated carbocycles. The van der Waals surface area contributed by atoms with Gasteiger partial charge in [0.15, 0.2) is 0 Å². The molecule has 0 fully saturated rings. The summed E-state index contributed by atoms with van der Waals surface area (Å²) in [6.07, 6.45) is 1.39. The van der Waals surface area contributed by atoms with Crippen LogP contribution in [-0.4, -0.2) is 10.5 Å². The van der Waals surface area contributed by atoms with Gasteiger partial charge in [0.2, 0.25) is 5.91 Å². The fraction of sp³-hybridized carbons (Fsp3) is 0.500. The van der Waals surface area contributed by atoms with E-state index in [4.69, 9.17) is 5.73 Å². The van der Waals surface area contributed by atoms with Gasteiger partial charge in [-0.2, -0.15) is 0 Å². The third kappa shape index (κ3) is 2.66. The lowest BCUT2D eigenvalue weighted by Crippen LogP contribution is -2.11. The average molecular weight is 175 g/mol. The van der Waals surface area contributed by atoms with E-state index in [1.165, 1.54) is 0 Å². The molecule has 0 unspecified atom stereocenters. The zero-order valence-electron chi connectivity index (χ0n) is 5.45. The summed E-state index contributed by atoms with van der Waals surface area (Å²) in [6, 6.07) is 0. The second-order valence-electron chi connectivity index (χ2n) is 1.98. The maximum absolute atomic E-state index is 10.3. The van der Waals surface area contributed by atoms with E-state index >= 15 is 0 Å². The van der Waals surface area contributed by atoms with Crippen LogP contribution in [0.4, 0.5) is 0 Å². The van der Waals surface area contributed by atoms with E-state index in [0.29, 0.717) is 11.0 Å². The van der Waals surface area contributed by atoms with Crippen molar-refractivity contribution in [3.63, 3.8) is 0 Å². The van der Waals surface area contributed by atoms with Crippen molar-refractivity contribution >= 4 is 29.4 Å². The predicted octanol–water partition coefficient (Wildman–Crippen LogP) is 1.53. The van der Waals surface area contributed by atoms with E-state index < -0.39 is 0 Å². The molecular weight excluding hydrogens is 166 g/mol. The maximum Gasteiger partial charge on any atom is 0.217 e. The van der Waals surface area contributed by atoms with Crippen LogP contribution in [0.5, 0.6) is 0 Å². The first-order valence-corrected chi connectivity index (χ1v) is 4.92. The molecule has 0 atom stereocenters. The molecule has 0 saturated heterocycles. The summed E-state index contributed by atoms with van der Waals surface area (Å²) in [5.41, 5.74) is 4.99. The largest absolute Gasteiger partial charge is 0.370 e. The molecule has 0 aromatic rings. The normalized spacial score (nSPS) is 18.0. The van der Waals surface area contributed by atoms with E-state index in [9.17, 15) is 4.79 Å². The van der Waals surface area contributed by atoms with Gasteiger partial charge in [-0.15, -0.1) is 23.5 Å². The molecule has 1 rings (SSSR count). The van der Waals surface area contributed by atoms with Crippen molar-refractivity contribution in [3.8, 4) is 0 Å². The Morgan fingerprint density at radius 1 is 1.50 bits per heavy atom. The van der Waals surface area contributed by atoms with Crippen molar-refractivity contribution in [2.24, 2.45) is 5.73 Å². The topological polar surface area (TPSA) is 43.1 Å². The molecule has 2 N–H and O–H groups in total. The second-order valence-corrected chi connectivity index (χ2v) is 4.50. The summed E-state index contributed by atoms with van der Waals surface area (Å²) in [5.74, 6) is -0.201. The molecule has 56 valence electrons. The maximum atomic E-state index is 10.3. The van der Waals surface area contributed by atoms with E-state index in [-0.39, 0.29) is 5.91 Å². The minimum absolute atomic E-state index is 0.201. The summed E-state index contributed by atoms with van der Waals surface area (Å²) in [6.45, 7) is 0. The Kier molecular flexibility index (Phi) is 3.15. The Labute approximate surface area is 68.6 Å². The number of rotatable bonds is 3. The van der Waals surface area contributed by atoms with Gasteiger partial charge in [-0.05, 0) is 17.2 Å². The Morgan fingerprint density at radius 3 is 2.60 bits per heavy atom. The van der Waals surface area contributed by atoms with Crippen LogP contribution in [0.1, 0.15) is 12.8 Å². The molecule has 0 aliphatic carbocycles. The van der Waals surface area contributed by atoms with Crippen LogP contribution >= 0.6 is 23.5 Å². The van der Waals surface area contributed by atoms with Gasteiger partial charge in [0.05, 0.1) is 4.58 Å². The molecule has 0 spiro atoms. The first-order chi connectivity index (χ1) is 4.79. The first kappa shape index (κ1) is 8.01. The lowest BCUT2D eigenvalue weighted by Gasteiger charge is -2.03. The van der Waals surface area contributed by atoms with Crippen molar-refractivity contribution in [1.82, 2.24) is 0 Å². The average Bonchev–Trinajstić information content (AvgIpc) is 2.34. The lowest BCUT2D eigenvalue weighted by molar-refractivity contribution is -0.118. The van der Waals surface area contributed by atoms with Gasteiger partial charge >= 0.3 is 0 Å². The van der Waals surface area contributed by atoms with Gasteiger partial charge in [-0.1, -0.05) is 0 Å². The van der Waals surface area contributed by atoms with Crippen LogP contribution in [0.3, 0.4) is 0 Å². The van der Waals surface area contributed by atoms with Crippen LogP contribution in [-0.2, 0) is 4.79 Å². The number of primary amides is 1. The van der Waals surface area contributed by atoms with Crippen LogP contribution in [0.15, 0.2) is 10.8 Å². The van der Waals surface area contributed by atoms with Gasteiger partial charge in [-0.3, -0.25) is 4.79 Å². The van der Waals surface area contributed by atoms with Gasteiger partial charge in [0, 0.05) is 6.42 Å². The highest BCUT2D eigenvalue weighted by Gasteiger charge is 2.11. The molecular formula is C6H9NOS2. The van der Waals surface area contributed by atoms with Crippen molar-refractivity contribution in [2.75, 3.05) is 0 Å². The molecule has 10 heavy (non-hydrogen) atoms. The zero-order valence-corrected chi connectivity index (χ0v) is 7.08. The molecule has 1 aliphatic rings.